The molecule has 1 aromatic heterocycles. The third-order valence-electron chi connectivity index (χ3n) is 5.15. The fraction of sp³-hybridized carbons (Fsp3) is 0.240. The van der Waals surface area contributed by atoms with Gasteiger partial charge in [0.15, 0.2) is 0 Å². The minimum absolute atomic E-state index is 0.00712. The fourth-order valence-corrected chi connectivity index (χ4v) is 3.36. The molecule has 1 fully saturated rings. The van der Waals surface area contributed by atoms with Crippen LogP contribution < -0.4 is 16.0 Å². The third kappa shape index (κ3) is 7.05. The molecular weight excluding hydrogens is 420 g/mol. The lowest BCUT2D eigenvalue weighted by atomic mass is 10.1. The summed E-state index contributed by atoms with van der Waals surface area (Å²) in [6, 6.07) is 19.6. The van der Waals surface area contributed by atoms with Crippen LogP contribution in [0.3, 0.4) is 0 Å². The van der Waals surface area contributed by atoms with Crippen molar-refractivity contribution in [3.63, 3.8) is 0 Å². The van der Waals surface area contributed by atoms with Crippen molar-refractivity contribution in [3.8, 4) is 0 Å². The SMILES string of the molecule is O=C(CN(Cc1ccc(C(=O)NC2CC2)cc1)Cc1ccco1)NC(=O)Nc1ccccc1. The predicted molar refractivity (Wildman–Crippen MR) is 123 cm³/mol. The topological polar surface area (TPSA) is 104 Å². The van der Waals surface area contributed by atoms with Gasteiger partial charge in [0.25, 0.3) is 5.91 Å². The first kappa shape index (κ1) is 22.3. The summed E-state index contributed by atoms with van der Waals surface area (Å²) >= 11 is 0. The van der Waals surface area contributed by atoms with Crippen LogP contribution in [0.1, 0.15) is 34.5 Å². The van der Waals surface area contributed by atoms with Gasteiger partial charge in [0.1, 0.15) is 5.76 Å². The highest BCUT2D eigenvalue weighted by molar-refractivity contribution is 6.01. The van der Waals surface area contributed by atoms with E-state index < -0.39 is 11.9 Å². The lowest BCUT2D eigenvalue weighted by molar-refractivity contribution is -0.121. The van der Waals surface area contributed by atoms with E-state index in [-0.39, 0.29) is 12.5 Å². The first-order valence-corrected chi connectivity index (χ1v) is 10.9. The van der Waals surface area contributed by atoms with E-state index in [0.717, 1.165) is 18.4 Å². The van der Waals surface area contributed by atoms with Gasteiger partial charge in [-0.15, -0.1) is 0 Å². The van der Waals surface area contributed by atoms with Crippen molar-refractivity contribution in [2.45, 2.75) is 32.0 Å². The zero-order chi connectivity index (χ0) is 23.0. The summed E-state index contributed by atoms with van der Waals surface area (Å²) in [6.07, 6.45) is 3.65. The minimum Gasteiger partial charge on any atom is -0.468 e. The number of nitrogens with one attached hydrogen (secondary N) is 3. The maximum atomic E-state index is 12.5. The van der Waals surface area contributed by atoms with Crippen molar-refractivity contribution in [2.24, 2.45) is 0 Å². The van der Waals surface area contributed by atoms with Crippen LogP contribution in [-0.4, -0.2) is 35.3 Å². The third-order valence-corrected chi connectivity index (χ3v) is 5.15. The number of carbonyl (C=O) groups is 3. The molecule has 1 saturated carbocycles. The molecule has 8 heteroatoms. The van der Waals surface area contributed by atoms with E-state index in [1.807, 2.05) is 29.2 Å². The van der Waals surface area contributed by atoms with Gasteiger partial charge in [-0.2, -0.15) is 0 Å². The normalized spacial score (nSPS) is 12.9. The Morgan fingerprint density at radius 3 is 2.33 bits per heavy atom. The monoisotopic (exact) mass is 446 g/mol. The first-order valence-electron chi connectivity index (χ1n) is 10.9. The van der Waals surface area contributed by atoms with E-state index in [2.05, 4.69) is 16.0 Å². The highest BCUT2D eigenvalue weighted by atomic mass is 16.3. The average molecular weight is 447 g/mol. The molecule has 0 bridgehead atoms. The molecule has 1 aliphatic rings. The Bertz CT molecular complexity index is 1080. The highest BCUT2D eigenvalue weighted by Gasteiger charge is 2.23. The number of imide groups is 1. The number of furan rings is 1. The second-order valence-electron chi connectivity index (χ2n) is 8.04. The van der Waals surface area contributed by atoms with Crippen molar-refractivity contribution in [1.82, 2.24) is 15.5 Å². The molecule has 1 aliphatic carbocycles. The molecule has 0 radical (unpaired) electrons. The second-order valence-corrected chi connectivity index (χ2v) is 8.04. The summed E-state index contributed by atoms with van der Waals surface area (Å²) in [5, 5.41) is 7.96. The number of para-hydroxylation sites is 1. The Morgan fingerprint density at radius 2 is 1.67 bits per heavy atom. The molecule has 0 unspecified atom stereocenters. The molecule has 3 N–H and O–H groups in total. The number of carbonyl (C=O) groups excluding carboxylic acids is 3. The van der Waals surface area contributed by atoms with Crippen molar-refractivity contribution < 1.29 is 18.8 Å². The van der Waals surface area contributed by atoms with E-state index >= 15 is 0 Å². The summed E-state index contributed by atoms with van der Waals surface area (Å²) in [4.78, 5) is 38.7. The quantitative estimate of drug-likeness (QED) is 0.467. The van der Waals surface area contributed by atoms with E-state index in [1.165, 1.54) is 0 Å². The van der Waals surface area contributed by atoms with Crippen LogP contribution in [0.5, 0.6) is 0 Å². The number of amides is 4. The van der Waals surface area contributed by atoms with Gasteiger partial charge in [0, 0.05) is 23.8 Å². The number of nitrogens with zero attached hydrogens (tertiary/aromatic N) is 1. The number of benzene rings is 2. The first-order chi connectivity index (χ1) is 16.0. The highest BCUT2D eigenvalue weighted by Crippen LogP contribution is 2.19. The largest absolute Gasteiger partial charge is 0.468 e. The summed E-state index contributed by atoms with van der Waals surface area (Å²) in [6.45, 7) is 0.830. The van der Waals surface area contributed by atoms with Crippen LogP contribution >= 0.6 is 0 Å². The molecule has 1 heterocycles. The van der Waals surface area contributed by atoms with E-state index in [1.54, 1.807) is 48.7 Å². The van der Waals surface area contributed by atoms with Crippen molar-refractivity contribution >= 4 is 23.5 Å². The molecular formula is C25H26N4O4. The number of hydrogen-bond acceptors (Lipinski definition) is 5. The van der Waals surface area contributed by atoms with Crippen molar-refractivity contribution in [2.75, 3.05) is 11.9 Å². The zero-order valence-electron chi connectivity index (χ0n) is 18.1. The van der Waals surface area contributed by atoms with E-state index in [0.29, 0.717) is 36.1 Å². The molecule has 170 valence electrons. The molecule has 0 spiro atoms. The molecule has 2 aromatic carbocycles. The van der Waals surface area contributed by atoms with Gasteiger partial charge >= 0.3 is 6.03 Å². The minimum atomic E-state index is -0.588. The maximum Gasteiger partial charge on any atom is 0.325 e. The molecule has 0 saturated heterocycles. The maximum absolute atomic E-state index is 12.5. The summed E-state index contributed by atoms with van der Waals surface area (Å²) in [5.74, 6) is 0.202. The number of rotatable bonds is 9. The molecule has 4 amide bonds. The summed E-state index contributed by atoms with van der Waals surface area (Å²) in [7, 11) is 0. The van der Waals surface area contributed by atoms with E-state index in [4.69, 9.17) is 4.42 Å². The van der Waals surface area contributed by atoms with Gasteiger partial charge in [-0.25, -0.2) is 4.79 Å². The van der Waals surface area contributed by atoms with Crippen LogP contribution in [0, 0.1) is 0 Å². The Labute approximate surface area is 192 Å². The van der Waals surface area contributed by atoms with Crippen LogP contribution in [0.2, 0.25) is 0 Å². The summed E-state index contributed by atoms with van der Waals surface area (Å²) < 4.78 is 5.43. The van der Waals surface area contributed by atoms with Gasteiger partial charge in [-0.1, -0.05) is 30.3 Å². The number of hydrogen-bond donors (Lipinski definition) is 3. The van der Waals surface area contributed by atoms with Gasteiger partial charge in [-0.05, 0) is 54.8 Å². The molecule has 8 nitrogen and oxygen atoms in total. The molecule has 33 heavy (non-hydrogen) atoms. The average Bonchev–Trinajstić information content (AvgIpc) is 3.46. The summed E-state index contributed by atoms with van der Waals surface area (Å²) in [5.41, 5.74) is 2.14. The van der Waals surface area contributed by atoms with Gasteiger partial charge in [0.05, 0.1) is 19.4 Å². The Balaban J connectivity index is 1.35. The van der Waals surface area contributed by atoms with Crippen LogP contribution in [0.15, 0.2) is 77.4 Å². The lowest BCUT2D eigenvalue weighted by Crippen LogP contribution is -2.41. The Hall–Kier alpha value is -3.91. The smallest absolute Gasteiger partial charge is 0.325 e. The van der Waals surface area contributed by atoms with Crippen LogP contribution in [0.25, 0.3) is 0 Å². The predicted octanol–water partition coefficient (Wildman–Crippen LogP) is 3.52. The second kappa shape index (κ2) is 10.6. The van der Waals surface area contributed by atoms with Crippen LogP contribution in [-0.2, 0) is 17.9 Å². The van der Waals surface area contributed by atoms with Crippen LogP contribution in [0.4, 0.5) is 10.5 Å². The number of urea groups is 1. The van der Waals surface area contributed by atoms with E-state index in [9.17, 15) is 14.4 Å². The molecule has 3 aromatic rings. The Kier molecular flexibility index (Phi) is 7.16. The molecule has 0 atom stereocenters. The molecule has 4 rings (SSSR count). The number of anilines is 1. The molecule has 0 aliphatic heterocycles. The lowest BCUT2D eigenvalue weighted by Gasteiger charge is -2.21. The van der Waals surface area contributed by atoms with Gasteiger partial charge in [0.2, 0.25) is 5.91 Å². The van der Waals surface area contributed by atoms with Gasteiger partial charge in [-0.3, -0.25) is 19.8 Å². The van der Waals surface area contributed by atoms with Crippen molar-refractivity contribution in [3.05, 3.63) is 89.9 Å². The van der Waals surface area contributed by atoms with Crippen molar-refractivity contribution in [1.29, 1.82) is 0 Å². The zero-order valence-corrected chi connectivity index (χ0v) is 18.1. The Morgan fingerprint density at radius 1 is 0.909 bits per heavy atom. The van der Waals surface area contributed by atoms with Gasteiger partial charge < -0.3 is 15.1 Å². The standard InChI is InChI=1S/C25H26N4O4/c30-23(28-25(32)27-20-5-2-1-3-6-20)17-29(16-22-7-4-14-33-22)15-18-8-10-19(11-9-18)24(31)26-21-12-13-21/h1-11,14,21H,12-13,15-17H2,(H,26,31)(H2,27,28,30,32). The fourth-order valence-electron chi connectivity index (χ4n) is 3.36.